The number of nitrogens with zero attached hydrogens (tertiary/aromatic N) is 3. The molecule has 0 atom stereocenters. The zero-order valence-electron chi connectivity index (χ0n) is 23.6. The van der Waals surface area contributed by atoms with Crippen LogP contribution in [0.2, 0.25) is 0 Å². The van der Waals surface area contributed by atoms with Gasteiger partial charge in [-0.25, -0.2) is 8.42 Å². The Bertz CT molecular complexity index is 1470. The highest BCUT2D eigenvalue weighted by Gasteiger charge is 2.35. The first-order valence-corrected chi connectivity index (χ1v) is 14.6. The second-order valence-electron chi connectivity index (χ2n) is 9.61. The number of methoxy groups -OCH3 is 4. The van der Waals surface area contributed by atoms with Crippen molar-refractivity contribution >= 4 is 21.4 Å². The van der Waals surface area contributed by atoms with Gasteiger partial charge < -0.3 is 23.8 Å². The second kappa shape index (κ2) is 13.1. The molecule has 0 aromatic heterocycles. The molecule has 0 aliphatic carbocycles. The van der Waals surface area contributed by atoms with E-state index in [4.69, 9.17) is 18.9 Å². The van der Waals surface area contributed by atoms with Gasteiger partial charge in [0.15, 0.2) is 23.0 Å². The van der Waals surface area contributed by atoms with Crippen molar-refractivity contribution in [3.8, 4) is 23.0 Å². The van der Waals surface area contributed by atoms with E-state index in [1.807, 2.05) is 18.2 Å². The average molecular weight is 586 g/mol. The molecule has 3 aromatic rings. The van der Waals surface area contributed by atoms with E-state index in [0.717, 1.165) is 24.6 Å². The number of rotatable bonds is 12. The van der Waals surface area contributed by atoms with E-state index in [9.17, 15) is 18.5 Å². The SMILES string of the molecule is COc1ccc(CCN2CCC(N(c3ccc(OC)c(OC)c3)S(=O)(=O)c3cccc([N+](=O)[O-])c3)CC2)cc1OC. The Balaban J connectivity index is 1.57. The van der Waals surface area contributed by atoms with E-state index in [2.05, 4.69) is 4.90 Å². The van der Waals surface area contributed by atoms with Crippen LogP contribution in [0.4, 0.5) is 11.4 Å². The average Bonchev–Trinajstić information content (AvgIpc) is 3.00. The van der Waals surface area contributed by atoms with Crippen LogP contribution >= 0.6 is 0 Å². The first-order chi connectivity index (χ1) is 19.7. The molecule has 4 rings (SSSR count). The Morgan fingerprint density at radius 3 is 2.07 bits per heavy atom. The molecular formula is C29H35N3O8S. The van der Waals surface area contributed by atoms with Gasteiger partial charge in [0.05, 0.1) is 43.9 Å². The van der Waals surface area contributed by atoms with E-state index in [-0.39, 0.29) is 16.6 Å². The molecule has 0 unspecified atom stereocenters. The lowest BCUT2D eigenvalue weighted by molar-refractivity contribution is -0.385. The zero-order chi connectivity index (χ0) is 29.6. The monoisotopic (exact) mass is 585 g/mol. The minimum Gasteiger partial charge on any atom is -0.493 e. The molecule has 1 heterocycles. The van der Waals surface area contributed by atoms with Crippen LogP contribution in [0.3, 0.4) is 0 Å². The summed E-state index contributed by atoms with van der Waals surface area (Å²) in [5, 5.41) is 11.4. The molecule has 0 amide bonds. The largest absolute Gasteiger partial charge is 0.493 e. The molecule has 1 aliphatic rings. The number of hydrogen-bond acceptors (Lipinski definition) is 9. The van der Waals surface area contributed by atoms with E-state index in [1.165, 1.54) is 36.7 Å². The first kappa shape index (κ1) is 29.9. The van der Waals surface area contributed by atoms with Gasteiger partial charge in [-0.2, -0.15) is 0 Å². The maximum Gasteiger partial charge on any atom is 0.270 e. The van der Waals surface area contributed by atoms with Crippen molar-refractivity contribution in [3.05, 3.63) is 76.3 Å². The predicted octanol–water partition coefficient (Wildman–Crippen LogP) is 4.53. The standard InChI is InChI=1S/C29H35N3O8S/c1-37-26-10-8-21(18-28(26)39-3)12-15-30-16-13-22(14-17-30)31(23-9-11-27(38-2)29(20-23)40-4)41(35,36)25-7-5-6-24(19-25)32(33)34/h5-11,18-20,22H,12-17H2,1-4H3. The number of sulfonamides is 1. The molecule has 0 radical (unpaired) electrons. The lowest BCUT2D eigenvalue weighted by Gasteiger charge is -2.39. The van der Waals surface area contributed by atoms with Crippen LogP contribution in [0.25, 0.3) is 0 Å². The van der Waals surface area contributed by atoms with Crippen LogP contribution in [-0.2, 0) is 16.4 Å². The highest BCUT2D eigenvalue weighted by Crippen LogP contribution is 2.37. The van der Waals surface area contributed by atoms with E-state index in [1.54, 1.807) is 32.4 Å². The molecule has 1 aliphatic heterocycles. The summed E-state index contributed by atoms with van der Waals surface area (Å²) in [4.78, 5) is 13.0. The quantitative estimate of drug-likeness (QED) is 0.223. The molecule has 1 saturated heterocycles. The van der Waals surface area contributed by atoms with E-state index < -0.39 is 14.9 Å². The Labute approximate surface area is 240 Å². The van der Waals surface area contributed by atoms with Crippen LogP contribution in [0, 0.1) is 10.1 Å². The number of hydrogen-bond donors (Lipinski definition) is 0. The molecule has 0 spiro atoms. The van der Waals surface area contributed by atoms with Crippen LogP contribution in [0.5, 0.6) is 23.0 Å². The maximum atomic E-state index is 14.1. The van der Waals surface area contributed by atoms with Crippen molar-refractivity contribution in [3.63, 3.8) is 0 Å². The molecule has 0 N–H and O–H groups in total. The predicted molar refractivity (Wildman–Crippen MR) is 155 cm³/mol. The van der Waals surface area contributed by atoms with Gasteiger partial charge in [-0.15, -0.1) is 0 Å². The van der Waals surface area contributed by atoms with E-state index >= 15 is 0 Å². The molecular weight excluding hydrogens is 550 g/mol. The van der Waals surface area contributed by atoms with Gasteiger partial charge in [-0.05, 0) is 55.2 Å². The molecule has 3 aromatic carbocycles. The van der Waals surface area contributed by atoms with Crippen LogP contribution in [0.1, 0.15) is 18.4 Å². The number of benzene rings is 3. The smallest absolute Gasteiger partial charge is 0.270 e. The van der Waals surface area contributed by atoms with Crippen molar-refractivity contribution in [2.24, 2.45) is 0 Å². The highest BCUT2D eigenvalue weighted by atomic mass is 32.2. The summed E-state index contributed by atoms with van der Waals surface area (Å²) in [6, 6.07) is 15.6. The minimum atomic E-state index is -4.15. The topological polar surface area (TPSA) is 121 Å². The number of nitro groups is 1. The second-order valence-corrected chi connectivity index (χ2v) is 11.4. The Morgan fingerprint density at radius 1 is 0.854 bits per heavy atom. The molecule has 11 nitrogen and oxygen atoms in total. The van der Waals surface area contributed by atoms with Crippen LogP contribution in [-0.4, -0.2) is 72.4 Å². The third kappa shape index (κ3) is 6.66. The van der Waals surface area contributed by atoms with Crippen molar-refractivity contribution in [1.82, 2.24) is 4.90 Å². The summed E-state index contributed by atoms with van der Waals surface area (Å²) < 4.78 is 51.0. The Morgan fingerprint density at radius 2 is 1.46 bits per heavy atom. The third-order valence-corrected chi connectivity index (χ3v) is 9.14. The summed E-state index contributed by atoms with van der Waals surface area (Å²) in [6.45, 7) is 2.18. The van der Waals surface area contributed by atoms with Crippen LogP contribution in [0.15, 0.2) is 65.6 Å². The zero-order valence-corrected chi connectivity index (χ0v) is 24.4. The van der Waals surface area contributed by atoms with Gasteiger partial charge >= 0.3 is 0 Å². The summed E-state index contributed by atoms with van der Waals surface area (Å²) >= 11 is 0. The number of ether oxygens (including phenoxy) is 4. The van der Waals surface area contributed by atoms with Crippen LogP contribution < -0.4 is 23.3 Å². The van der Waals surface area contributed by atoms with E-state index in [0.29, 0.717) is 54.6 Å². The molecule has 0 bridgehead atoms. The summed E-state index contributed by atoms with van der Waals surface area (Å²) in [6.07, 6.45) is 1.96. The fraction of sp³-hybridized carbons (Fsp3) is 0.379. The molecule has 1 fully saturated rings. The number of likely N-dealkylation sites (tertiary alicyclic amines) is 1. The molecule has 0 saturated carbocycles. The normalized spacial score (nSPS) is 14.3. The fourth-order valence-electron chi connectivity index (χ4n) is 5.08. The summed E-state index contributed by atoms with van der Waals surface area (Å²) in [5.74, 6) is 2.21. The summed E-state index contributed by atoms with van der Waals surface area (Å²) in [5.41, 5.74) is 1.23. The number of piperidine rings is 1. The van der Waals surface area contributed by atoms with Gasteiger partial charge in [0.1, 0.15) is 0 Å². The minimum absolute atomic E-state index is 0.141. The number of anilines is 1. The Kier molecular flexibility index (Phi) is 9.56. The summed E-state index contributed by atoms with van der Waals surface area (Å²) in [7, 11) is 2.05. The molecule has 220 valence electrons. The van der Waals surface area contributed by atoms with Gasteiger partial charge in [-0.3, -0.25) is 14.4 Å². The lowest BCUT2D eigenvalue weighted by Crippen LogP contribution is -2.48. The first-order valence-electron chi connectivity index (χ1n) is 13.2. The van der Waals surface area contributed by atoms with Gasteiger partial charge in [0, 0.05) is 43.9 Å². The van der Waals surface area contributed by atoms with Gasteiger partial charge in [-0.1, -0.05) is 12.1 Å². The highest BCUT2D eigenvalue weighted by molar-refractivity contribution is 7.92. The van der Waals surface area contributed by atoms with Crippen molar-refractivity contribution in [2.45, 2.75) is 30.2 Å². The molecule has 41 heavy (non-hydrogen) atoms. The van der Waals surface area contributed by atoms with Gasteiger partial charge in [0.2, 0.25) is 0 Å². The van der Waals surface area contributed by atoms with Gasteiger partial charge in [0.25, 0.3) is 15.7 Å². The maximum absolute atomic E-state index is 14.1. The van der Waals surface area contributed by atoms with Crippen molar-refractivity contribution < 1.29 is 32.3 Å². The molecule has 12 heteroatoms. The lowest BCUT2D eigenvalue weighted by atomic mass is 10.0. The third-order valence-electron chi connectivity index (χ3n) is 7.26. The number of non-ortho nitro benzene ring substituents is 1. The Hall–Kier alpha value is -4.03. The number of nitro benzene ring substituents is 1. The van der Waals surface area contributed by atoms with Crippen molar-refractivity contribution in [1.29, 1.82) is 0 Å². The van der Waals surface area contributed by atoms with Crippen molar-refractivity contribution in [2.75, 3.05) is 52.4 Å². The fourth-order valence-corrected chi connectivity index (χ4v) is 6.82.